The SMILES string of the molecule is c1ccc2c(c1)-c1cc(-n3c4ccccc4c4cc(-n5c6ccccc6c6ccccc65)ccc43)ccc1-c1ccc(-n3c4ccccc4c4cc(-n5c6ccccc6c6ccccc65)ccc43)cc1-c1cc3c4ccccc4c4ccccc4c3cc1-2. The minimum Gasteiger partial charge on any atom is -0.309 e. The minimum atomic E-state index is 1.11. The van der Waals surface area contributed by atoms with Crippen molar-refractivity contribution in [2.75, 3.05) is 0 Å². The van der Waals surface area contributed by atoms with E-state index in [0.29, 0.717) is 0 Å². The number of nitrogens with zero attached hydrogens (tertiary/aromatic N) is 4. The molecule has 4 heteroatoms. The third-order valence-corrected chi connectivity index (χ3v) is 19.5. The highest BCUT2D eigenvalue weighted by Crippen LogP contribution is 2.52. The highest BCUT2D eigenvalue weighted by Gasteiger charge is 2.27. The number of hydrogen-bond donors (Lipinski definition) is 0. The van der Waals surface area contributed by atoms with Crippen LogP contribution in [0.4, 0.5) is 0 Å². The molecule has 20 rings (SSSR count). The number of para-hydroxylation sites is 6. The summed E-state index contributed by atoms with van der Waals surface area (Å²) in [4.78, 5) is 0. The predicted molar refractivity (Wildman–Crippen MR) is 372 cm³/mol. The van der Waals surface area contributed by atoms with Crippen molar-refractivity contribution in [1.29, 1.82) is 0 Å². The highest BCUT2D eigenvalue weighted by molar-refractivity contribution is 6.27. The summed E-state index contributed by atoms with van der Waals surface area (Å²) in [5.41, 5.74) is 23.6. The molecule has 0 bridgehead atoms. The van der Waals surface area contributed by atoms with Crippen molar-refractivity contribution in [3.8, 4) is 67.3 Å². The van der Waals surface area contributed by atoms with E-state index in [-0.39, 0.29) is 0 Å². The van der Waals surface area contributed by atoms with Crippen molar-refractivity contribution in [3.05, 3.63) is 303 Å². The van der Waals surface area contributed by atoms with Crippen molar-refractivity contribution in [2.45, 2.75) is 0 Å². The van der Waals surface area contributed by atoms with E-state index in [2.05, 4.69) is 322 Å². The van der Waals surface area contributed by atoms with Crippen LogP contribution in [0.25, 0.3) is 187 Å². The van der Waals surface area contributed by atoms with Gasteiger partial charge in [-0.2, -0.15) is 0 Å². The van der Waals surface area contributed by atoms with E-state index in [0.717, 1.165) is 28.3 Å². The molecule has 0 aliphatic heterocycles. The van der Waals surface area contributed by atoms with Crippen LogP contribution in [-0.2, 0) is 0 Å². The van der Waals surface area contributed by atoms with Gasteiger partial charge in [-0.1, -0.05) is 194 Å². The smallest absolute Gasteiger partial charge is 0.0542 e. The first-order chi connectivity index (χ1) is 43.7. The first kappa shape index (κ1) is 47.6. The van der Waals surface area contributed by atoms with Crippen LogP contribution < -0.4 is 0 Å². The van der Waals surface area contributed by atoms with Gasteiger partial charge in [0.2, 0.25) is 0 Å². The Hall–Kier alpha value is -11.7. The fourth-order valence-corrected chi connectivity index (χ4v) is 15.8. The monoisotopic (exact) mass is 1110 g/mol. The maximum atomic E-state index is 2.52. The van der Waals surface area contributed by atoms with Crippen LogP contribution in [0.3, 0.4) is 0 Å². The van der Waals surface area contributed by atoms with Gasteiger partial charge in [-0.15, -0.1) is 0 Å². The molecule has 88 heavy (non-hydrogen) atoms. The van der Waals surface area contributed by atoms with Gasteiger partial charge in [0, 0.05) is 65.8 Å². The topological polar surface area (TPSA) is 19.7 Å². The Morgan fingerprint density at radius 3 is 0.693 bits per heavy atom. The molecule has 19 aromatic rings. The predicted octanol–water partition coefficient (Wildman–Crippen LogP) is 22.5. The molecule has 4 heterocycles. The Kier molecular flexibility index (Phi) is 9.69. The van der Waals surface area contributed by atoms with Crippen molar-refractivity contribution < 1.29 is 0 Å². The second-order valence-corrected chi connectivity index (χ2v) is 23.9. The molecule has 0 fully saturated rings. The molecule has 4 nitrogen and oxygen atoms in total. The number of aromatic nitrogens is 4. The van der Waals surface area contributed by atoms with Crippen LogP contribution in [-0.4, -0.2) is 18.3 Å². The lowest BCUT2D eigenvalue weighted by molar-refractivity contribution is 1.16. The molecule has 0 atom stereocenters. The Balaban J connectivity index is 0.838. The molecular formula is C84H50N4. The van der Waals surface area contributed by atoms with E-state index in [1.165, 1.54) is 159 Å². The van der Waals surface area contributed by atoms with Gasteiger partial charge in [0.15, 0.2) is 0 Å². The van der Waals surface area contributed by atoms with Gasteiger partial charge >= 0.3 is 0 Å². The summed E-state index contributed by atoms with van der Waals surface area (Å²) < 4.78 is 9.84. The molecule has 15 aromatic carbocycles. The summed E-state index contributed by atoms with van der Waals surface area (Å²) in [7, 11) is 0. The fourth-order valence-electron chi connectivity index (χ4n) is 15.8. The number of fused-ring (bicyclic) bond motifs is 26. The number of benzene rings is 15. The van der Waals surface area contributed by atoms with Gasteiger partial charge in [0.1, 0.15) is 0 Å². The summed E-state index contributed by atoms with van der Waals surface area (Å²) >= 11 is 0. The number of rotatable bonds is 4. The van der Waals surface area contributed by atoms with Crippen molar-refractivity contribution in [1.82, 2.24) is 18.3 Å². The van der Waals surface area contributed by atoms with Gasteiger partial charge in [-0.3, -0.25) is 0 Å². The third-order valence-electron chi connectivity index (χ3n) is 19.5. The molecule has 0 saturated heterocycles. The lowest BCUT2D eigenvalue weighted by Crippen LogP contribution is -2.02. The van der Waals surface area contributed by atoms with E-state index in [1.54, 1.807) is 0 Å². The Bertz CT molecular complexity index is 6150. The van der Waals surface area contributed by atoms with Crippen molar-refractivity contribution >= 4 is 120 Å². The van der Waals surface area contributed by atoms with Gasteiger partial charge in [0.25, 0.3) is 0 Å². The van der Waals surface area contributed by atoms with Crippen LogP contribution in [0.5, 0.6) is 0 Å². The summed E-state index contributed by atoms with van der Waals surface area (Å²) in [5, 5.41) is 17.5. The van der Waals surface area contributed by atoms with Crippen LogP contribution >= 0.6 is 0 Å². The summed E-state index contributed by atoms with van der Waals surface area (Å²) in [6.45, 7) is 0. The van der Waals surface area contributed by atoms with Gasteiger partial charge in [0.05, 0.1) is 44.1 Å². The molecular weight excluding hydrogens is 1060 g/mol. The molecule has 0 spiro atoms. The standard InChI is InChI=1S/C84H50N4/c1-3-21-57-55(19-1)56-20-2-4-22-58(56)72-50-74-70-46-52(88-82-36-18-12-30-68(82)76-48-54(40-44-84(76)88)86-79-33-15-9-27-65(79)66-28-10-16-34-80(66)86)38-42-62(70)61-41-37-51(45-69(61)59-23-5-6-24-60(59)73(74)49-71(57)72)87-81-35-17-11-29-67(81)75-47-53(39-43-83(75)87)85-77-31-13-7-25-63(77)64-26-8-14-32-78(64)85/h1-50H. The van der Waals surface area contributed by atoms with Crippen molar-refractivity contribution in [2.24, 2.45) is 0 Å². The van der Waals surface area contributed by atoms with Crippen LogP contribution in [0, 0.1) is 0 Å². The van der Waals surface area contributed by atoms with Crippen molar-refractivity contribution in [3.63, 3.8) is 0 Å². The van der Waals surface area contributed by atoms with Gasteiger partial charge in [-0.25, -0.2) is 0 Å². The lowest BCUT2D eigenvalue weighted by atomic mass is 9.79. The normalized spacial score (nSPS) is 12.3. The molecule has 0 amide bonds. The highest BCUT2D eigenvalue weighted by atomic mass is 15.0. The molecule has 1 aliphatic rings. The average molecular weight is 1120 g/mol. The first-order valence-corrected chi connectivity index (χ1v) is 30.5. The zero-order chi connectivity index (χ0) is 57.3. The zero-order valence-corrected chi connectivity index (χ0v) is 47.7. The van der Waals surface area contributed by atoms with Crippen LogP contribution in [0.1, 0.15) is 0 Å². The largest absolute Gasteiger partial charge is 0.309 e. The minimum absolute atomic E-state index is 1.11. The van der Waals surface area contributed by atoms with E-state index in [9.17, 15) is 0 Å². The summed E-state index contributed by atoms with van der Waals surface area (Å²) in [6, 6.07) is 114. The Labute approximate surface area is 505 Å². The van der Waals surface area contributed by atoms with E-state index >= 15 is 0 Å². The molecule has 0 unspecified atom stereocenters. The second kappa shape index (κ2) is 17.9. The molecule has 0 radical (unpaired) electrons. The summed E-state index contributed by atoms with van der Waals surface area (Å²) in [5.74, 6) is 0. The Morgan fingerprint density at radius 1 is 0.125 bits per heavy atom. The Morgan fingerprint density at radius 2 is 0.341 bits per heavy atom. The van der Waals surface area contributed by atoms with Gasteiger partial charge in [-0.05, 0) is 186 Å². The number of hydrogen-bond acceptors (Lipinski definition) is 0. The van der Waals surface area contributed by atoms with E-state index in [4.69, 9.17) is 0 Å². The summed E-state index contributed by atoms with van der Waals surface area (Å²) in [6.07, 6.45) is 0. The third kappa shape index (κ3) is 6.52. The quantitative estimate of drug-likeness (QED) is 0.157. The molecule has 1 aliphatic carbocycles. The van der Waals surface area contributed by atoms with Gasteiger partial charge < -0.3 is 18.3 Å². The maximum absolute atomic E-state index is 2.52. The average Bonchev–Trinajstić information content (AvgIpc) is 0.855. The first-order valence-electron chi connectivity index (χ1n) is 30.5. The second-order valence-electron chi connectivity index (χ2n) is 23.9. The van der Waals surface area contributed by atoms with Crippen LogP contribution in [0.2, 0.25) is 0 Å². The molecule has 0 N–H and O–H groups in total. The zero-order valence-electron chi connectivity index (χ0n) is 47.7. The molecule has 4 aromatic heterocycles. The fraction of sp³-hybridized carbons (Fsp3) is 0. The maximum Gasteiger partial charge on any atom is 0.0542 e. The van der Waals surface area contributed by atoms with Crippen LogP contribution in [0.15, 0.2) is 303 Å². The van der Waals surface area contributed by atoms with E-state index < -0.39 is 0 Å². The molecule has 0 saturated carbocycles. The lowest BCUT2D eigenvalue weighted by Gasteiger charge is -2.26. The van der Waals surface area contributed by atoms with E-state index in [1.807, 2.05) is 0 Å². The molecule has 406 valence electrons.